The first-order chi connectivity index (χ1) is 12.7. The van der Waals surface area contributed by atoms with Crippen molar-refractivity contribution in [2.75, 3.05) is 37.4 Å². The van der Waals surface area contributed by atoms with Crippen molar-refractivity contribution in [3.63, 3.8) is 0 Å². The number of hydrogen-bond donors (Lipinski definition) is 2. The van der Waals surface area contributed by atoms with Crippen LogP contribution >= 0.6 is 0 Å². The molecule has 0 unspecified atom stereocenters. The molecule has 2 N–H and O–H groups in total. The maximum absolute atomic E-state index is 12.3. The summed E-state index contributed by atoms with van der Waals surface area (Å²) in [5, 5.41) is 5.87. The van der Waals surface area contributed by atoms with Crippen LogP contribution in [0.3, 0.4) is 0 Å². The maximum atomic E-state index is 12.3. The van der Waals surface area contributed by atoms with Crippen molar-refractivity contribution in [3.8, 4) is 5.75 Å². The quantitative estimate of drug-likeness (QED) is 0.838. The first-order valence-electron chi connectivity index (χ1n) is 8.73. The van der Waals surface area contributed by atoms with Crippen molar-refractivity contribution in [1.29, 1.82) is 0 Å². The Balaban J connectivity index is 1.53. The lowest BCUT2D eigenvalue weighted by Gasteiger charge is -2.15. The van der Waals surface area contributed by atoms with Crippen LogP contribution in [0.15, 0.2) is 48.5 Å². The fourth-order valence-corrected chi connectivity index (χ4v) is 2.96. The molecule has 6 heteroatoms. The fraction of sp³-hybridized carbons (Fsp3) is 0.300. The van der Waals surface area contributed by atoms with Gasteiger partial charge in [-0.3, -0.25) is 9.59 Å². The van der Waals surface area contributed by atoms with Crippen molar-refractivity contribution in [1.82, 2.24) is 4.90 Å². The summed E-state index contributed by atoms with van der Waals surface area (Å²) < 4.78 is 5.22. The lowest BCUT2D eigenvalue weighted by atomic mass is 10.2. The van der Waals surface area contributed by atoms with Crippen LogP contribution < -0.4 is 15.4 Å². The van der Waals surface area contributed by atoms with Crippen LogP contribution in [0.1, 0.15) is 23.2 Å². The van der Waals surface area contributed by atoms with E-state index in [0.29, 0.717) is 17.0 Å². The smallest absolute Gasteiger partial charge is 0.253 e. The minimum atomic E-state index is -0.174. The molecule has 3 rings (SSSR count). The molecule has 1 heterocycles. The number of nitrogens with zero attached hydrogens (tertiary/aromatic N) is 1. The fourth-order valence-electron chi connectivity index (χ4n) is 2.96. The van der Waals surface area contributed by atoms with E-state index in [-0.39, 0.29) is 18.4 Å². The van der Waals surface area contributed by atoms with Crippen LogP contribution in [0.25, 0.3) is 0 Å². The van der Waals surface area contributed by atoms with Crippen LogP contribution in [0, 0.1) is 0 Å². The van der Waals surface area contributed by atoms with E-state index in [9.17, 15) is 9.59 Å². The first kappa shape index (κ1) is 17.8. The van der Waals surface area contributed by atoms with Gasteiger partial charge >= 0.3 is 0 Å². The summed E-state index contributed by atoms with van der Waals surface area (Å²) in [6.07, 6.45) is 2.15. The largest absolute Gasteiger partial charge is 0.495 e. The third-order valence-electron chi connectivity index (χ3n) is 4.36. The molecular weight excluding hydrogens is 330 g/mol. The Labute approximate surface area is 153 Å². The summed E-state index contributed by atoms with van der Waals surface area (Å²) in [5.74, 6) is 0.514. The molecular formula is C20H23N3O3. The van der Waals surface area contributed by atoms with Gasteiger partial charge in [0.25, 0.3) is 5.91 Å². The number of hydrogen-bond acceptors (Lipinski definition) is 4. The van der Waals surface area contributed by atoms with Crippen LogP contribution in [0.2, 0.25) is 0 Å². The molecule has 0 bridgehead atoms. The standard InChI is InChI=1S/C20H23N3O3/c1-26-18-7-3-2-6-17(18)22-19(24)14-21-16-10-8-15(9-11-16)20(25)23-12-4-5-13-23/h2-3,6-11,21H,4-5,12-14H2,1H3,(H,22,24). The Morgan fingerprint density at radius 3 is 2.42 bits per heavy atom. The van der Waals surface area contributed by atoms with E-state index >= 15 is 0 Å². The first-order valence-corrected chi connectivity index (χ1v) is 8.73. The van der Waals surface area contributed by atoms with Gasteiger partial charge in [0, 0.05) is 24.3 Å². The monoisotopic (exact) mass is 353 g/mol. The Morgan fingerprint density at radius 2 is 1.73 bits per heavy atom. The predicted octanol–water partition coefficient (Wildman–Crippen LogP) is 2.98. The zero-order valence-electron chi connectivity index (χ0n) is 14.8. The van der Waals surface area contributed by atoms with Gasteiger partial charge in [-0.25, -0.2) is 0 Å². The van der Waals surface area contributed by atoms with Gasteiger partial charge in [-0.15, -0.1) is 0 Å². The number of benzene rings is 2. The minimum Gasteiger partial charge on any atom is -0.495 e. The van der Waals surface area contributed by atoms with Crippen molar-refractivity contribution in [2.45, 2.75) is 12.8 Å². The third-order valence-corrected chi connectivity index (χ3v) is 4.36. The van der Waals surface area contributed by atoms with Crippen LogP contribution in [-0.2, 0) is 4.79 Å². The Morgan fingerprint density at radius 1 is 1.04 bits per heavy atom. The van der Waals surface area contributed by atoms with Crippen molar-refractivity contribution in [3.05, 3.63) is 54.1 Å². The zero-order valence-corrected chi connectivity index (χ0v) is 14.8. The summed E-state index contributed by atoms with van der Waals surface area (Å²) in [6.45, 7) is 1.79. The molecule has 1 saturated heterocycles. The van der Waals surface area contributed by atoms with Crippen molar-refractivity contribution >= 4 is 23.2 Å². The van der Waals surface area contributed by atoms with Gasteiger partial charge in [0.1, 0.15) is 5.75 Å². The molecule has 0 atom stereocenters. The molecule has 2 amide bonds. The Kier molecular flexibility index (Phi) is 5.73. The van der Waals surface area contributed by atoms with E-state index in [1.165, 1.54) is 0 Å². The van der Waals surface area contributed by atoms with Crippen LogP contribution in [0.4, 0.5) is 11.4 Å². The number of carbonyl (C=O) groups is 2. The SMILES string of the molecule is COc1ccccc1NC(=O)CNc1ccc(C(=O)N2CCCC2)cc1. The zero-order chi connectivity index (χ0) is 18.4. The molecule has 0 radical (unpaired) electrons. The summed E-state index contributed by atoms with van der Waals surface area (Å²) >= 11 is 0. The van der Waals surface area contributed by atoms with E-state index < -0.39 is 0 Å². The minimum absolute atomic E-state index is 0.0722. The van der Waals surface area contributed by atoms with Gasteiger partial charge in [-0.2, -0.15) is 0 Å². The molecule has 26 heavy (non-hydrogen) atoms. The number of rotatable bonds is 6. The number of methoxy groups -OCH3 is 1. The lowest BCUT2D eigenvalue weighted by Crippen LogP contribution is -2.27. The number of amides is 2. The number of nitrogens with one attached hydrogen (secondary N) is 2. The topological polar surface area (TPSA) is 70.7 Å². The molecule has 136 valence electrons. The molecule has 0 aromatic heterocycles. The molecule has 1 fully saturated rings. The third kappa shape index (κ3) is 4.33. The summed E-state index contributed by atoms with van der Waals surface area (Å²) in [7, 11) is 1.56. The van der Waals surface area contributed by atoms with Gasteiger partial charge in [0.2, 0.25) is 5.91 Å². The molecule has 6 nitrogen and oxygen atoms in total. The normalized spacial score (nSPS) is 13.3. The van der Waals surface area contributed by atoms with Crippen molar-refractivity contribution in [2.24, 2.45) is 0 Å². The number of carbonyl (C=O) groups excluding carboxylic acids is 2. The van der Waals surface area contributed by atoms with Gasteiger partial charge in [0.05, 0.1) is 19.3 Å². The lowest BCUT2D eigenvalue weighted by molar-refractivity contribution is -0.114. The molecule has 2 aromatic rings. The average molecular weight is 353 g/mol. The highest BCUT2D eigenvalue weighted by molar-refractivity contribution is 5.96. The molecule has 0 saturated carbocycles. The maximum Gasteiger partial charge on any atom is 0.253 e. The second kappa shape index (κ2) is 8.38. The molecule has 1 aliphatic heterocycles. The highest BCUT2D eigenvalue weighted by atomic mass is 16.5. The second-order valence-electron chi connectivity index (χ2n) is 6.18. The molecule has 0 spiro atoms. The number of para-hydroxylation sites is 2. The van der Waals surface area contributed by atoms with Gasteiger partial charge < -0.3 is 20.3 Å². The number of likely N-dealkylation sites (tertiary alicyclic amines) is 1. The molecule has 0 aliphatic carbocycles. The Hall–Kier alpha value is -3.02. The van der Waals surface area contributed by atoms with E-state index in [2.05, 4.69) is 10.6 Å². The molecule has 1 aliphatic rings. The number of ether oxygens (including phenoxy) is 1. The van der Waals surface area contributed by atoms with Gasteiger partial charge in [0.15, 0.2) is 0 Å². The highest BCUT2D eigenvalue weighted by Crippen LogP contribution is 2.22. The van der Waals surface area contributed by atoms with E-state index in [0.717, 1.165) is 31.6 Å². The average Bonchev–Trinajstić information content (AvgIpc) is 3.21. The summed E-state index contributed by atoms with van der Waals surface area (Å²) in [6, 6.07) is 14.5. The van der Waals surface area contributed by atoms with E-state index in [1.807, 2.05) is 29.2 Å². The van der Waals surface area contributed by atoms with Crippen LogP contribution in [0.5, 0.6) is 5.75 Å². The van der Waals surface area contributed by atoms with Crippen LogP contribution in [-0.4, -0.2) is 43.5 Å². The second-order valence-corrected chi connectivity index (χ2v) is 6.18. The Bertz CT molecular complexity index is 768. The van der Waals surface area contributed by atoms with E-state index in [1.54, 1.807) is 31.4 Å². The van der Waals surface area contributed by atoms with Crippen molar-refractivity contribution < 1.29 is 14.3 Å². The number of anilines is 2. The van der Waals surface area contributed by atoms with Gasteiger partial charge in [-0.05, 0) is 49.2 Å². The highest BCUT2D eigenvalue weighted by Gasteiger charge is 2.19. The van der Waals surface area contributed by atoms with Gasteiger partial charge in [-0.1, -0.05) is 12.1 Å². The summed E-state index contributed by atoms with van der Waals surface area (Å²) in [4.78, 5) is 26.3. The van der Waals surface area contributed by atoms with E-state index in [4.69, 9.17) is 4.74 Å². The predicted molar refractivity (Wildman–Crippen MR) is 102 cm³/mol. The molecule has 2 aromatic carbocycles. The summed E-state index contributed by atoms with van der Waals surface area (Å²) in [5.41, 5.74) is 2.10.